The normalized spacial score (nSPS) is 17.4. The van der Waals surface area contributed by atoms with Crippen LogP contribution in [-0.2, 0) is 9.59 Å². The summed E-state index contributed by atoms with van der Waals surface area (Å²) in [5.74, 6) is -0.965. The molecule has 1 aliphatic heterocycles. The summed E-state index contributed by atoms with van der Waals surface area (Å²) in [7, 11) is 0. The van der Waals surface area contributed by atoms with Crippen LogP contribution in [-0.4, -0.2) is 18.4 Å². The number of hydrogen-bond donors (Lipinski definition) is 1. The molecule has 1 heterocycles. The lowest BCUT2D eigenvalue weighted by atomic mass is 10.1. The maximum atomic E-state index is 12.5. The quantitative estimate of drug-likeness (QED) is 0.885. The third-order valence-corrected chi connectivity index (χ3v) is 4.08. The standard InChI is InChI=1S/C19H20N2O2/c1-13-10-14(2)12-15(11-13)20-18(22)17-8-9-21(19(17)23)16-6-4-3-5-7-16/h3-7,10-12,17H,8-9H2,1-2H3,(H,20,22)/t17-/m1/s1. The van der Waals surface area contributed by atoms with Crippen molar-refractivity contribution in [3.05, 3.63) is 59.7 Å². The fraction of sp³-hybridized carbons (Fsp3) is 0.263. The van der Waals surface area contributed by atoms with Crippen molar-refractivity contribution in [2.24, 2.45) is 5.92 Å². The van der Waals surface area contributed by atoms with Crippen molar-refractivity contribution in [1.29, 1.82) is 0 Å². The summed E-state index contributed by atoms with van der Waals surface area (Å²) in [5.41, 5.74) is 3.77. The van der Waals surface area contributed by atoms with E-state index in [-0.39, 0.29) is 11.8 Å². The van der Waals surface area contributed by atoms with E-state index >= 15 is 0 Å². The van der Waals surface area contributed by atoms with Crippen LogP contribution in [0.4, 0.5) is 11.4 Å². The molecule has 1 fully saturated rings. The smallest absolute Gasteiger partial charge is 0.239 e. The average Bonchev–Trinajstić information content (AvgIpc) is 2.89. The Hall–Kier alpha value is -2.62. The van der Waals surface area contributed by atoms with Crippen LogP contribution < -0.4 is 10.2 Å². The Labute approximate surface area is 136 Å². The first-order valence-electron chi connectivity index (χ1n) is 7.80. The fourth-order valence-electron chi connectivity index (χ4n) is 3.06. The lowest BCUT2D eigenvalue weighted by Gasteiger charge is -2.16. The number of benzene rings is 2. The highest BCUT2D eigenvalue weighted by molar-refractivity contribution is 6.13. The molecule has 0 radical (unpaired) electrons. The molecule has 2 aromatic rings. The molecule has 0 bridgehead atoms. The van der Waals surface area contributed by atoms with E-state index in [2.05, 4.69) is 5.32 Å². The van der Waals surface area contributed by atoms with Crippen molar-refractivity contribution in [1.82, 2.24) is 0 Å². The maximum absolute atomic E-state index is 12.5. The lowest BCUT2D eigenvalue weighted by molar-refractivity contribution is -0.129. The number of para-hydroxylation sites is 1. The highest BCUT2D eigenvalue weighted by Crippen LogP contribution is 2.26. The van der Waals surface area contributed by atoms with Gasteiger partial charge in [0.2, 0.25) is 11.8 Å². The molecule has 23 heavy (non-hydrogen) atoms. The molecule has 1 aliphatic rings. The van der Waals surface area contributed by atoms with Crippen LogP contribution in [0.3, 0.4) is 0 Å². The molecular formula is C19H20N2O2. The van der Waals surface area contributed by atoms with Crippen LogP contribution in [0.5, 0.6) is 0 Å². The number of anilines is 2. The van der Waals surface area contributed by atoms with Gasteiger partial charge < -0.3 is 10.2 Å². The molecule has 2 aromatic carbocycles. The Kier molecular flexibility index (Phi) is 4.15. The van der Waals surface area contributed by atoms with Crippen LogP contribution in [0.25, 0.3) is 0 Å². The van der Waals surface area contributed by atoms with Crippen LogP contribution in [0, 0.1) is 19.8 Å². The molecule has 4 heteroatoms. The summed E-state index contributed by atoms with van der Waals surface area (Å²) in [6.07, 6.45) is 0.546. The molecule has 0 spiro atoms. The molecule has 3 rings (SSSR count). The number of carbonyl (C=O) groups is 2. The van der Waals surface area contributed by atoms with Gasteiger partial charge in [0.1, 0.15) is 5.92 Å². The molecule has 0 aromatic heterocycles. The summed E-state index contributed by atoms with van der Waals surface area (Å²) in [5, 5.41) is 2.88. The Morgan fingerprint density at radius 1 is 1.09 bits per heavy atom. The highest BCUT2D eigenvalue weighted by Gasteiger charge is 2.37. The van der Waals surface area contributed by atoms with Gasteiger partial charge in [0, 0.05) is 17.9 Å². The van der Waals surface area contributed by atoms with Crippen LogP contribution in [0.15, 0.2) is 48.5 Å². The van der Waals surface area contributed by atoms with Gasteiger partial charge in [-0.3, -0.25) is 9.59 Å². The maximum Gasteiger partial charge on any atom is 0.239 e. The molecule has 1 N–H and O–H groups in total. The van der Waals surface area contributed by atoms with Gasteiger partial charge in [-0.15, -0.1) is 0 Å². The Morgan fingerprint density at radius 2 is 1.74 bits per heavy atom. The number of rotatable bonds is 3. The van der Waals surface area contributed by atoms with Gasteiger partial charge >= 0.3 is 0 Å². The van der Waals surface area contributed by atoms with E-state index in [1.54, 1.807) is 4.90 Å². The van der Waals surface area contributed by atoms with Crippen molar-refractivity contribution in [3.8, 4) is 0 Å². The van der Waals surface area contributed by atoms with Crippen molar-refractivity contribution in [3.63, 3.8) is 0 Å². The van der Waals surface area contributed by atoms with Gasteiger partial charge in [0.25, 0.3) is 0 Å². The van der Waals surface area contributed by atoms with E-state index in [1.807, 2.05) is 62.4 Å². The first-order chi connectivity index (χ1) is 11.0. The van der Waals surface area contributed by atoms with Crippen molar-refractivity contribution >= 4 is 23.2 Å². The number of carbonyl (C=O) groups excluding carboxylic acids is 2. The van der Waals surface area contributed by atoms with Gasteiger partial charge in [0.05, 0.1) is 0 Å². The van der Waals surface area contributed by atoms with Crippen molar-refractivity contribution in [2.75, 3.05) is 16.8 Å². The monoisotopic (exact) mass is 308 g/mol. The van der Waals surface area contributed by atoms with Crippen LogP contribution in [0.2, 0.25) is 0 Å². The van der Waals surface area contributed by atoms with E-state index in [9.17, 15) is 9.59 Å². The summed E-state index contributed by atoms with van der Waals surface area (Å²) < 4.78 is 0. The van der Waals surface area contributed by atoms with Gasteiger partial charge in [-0.1, -0.05) is 24.3 Å². The largest absolute Gasteiger partial charge is 0.325 e. The summed E-state index contributed by atoms with van der Waals surface area (Å²) in [6.45, 7) is 4.55. The number of nitrogens with zero attached hydrogens (tertiary/aromatic N) is 1. The fourth-order valence-corrected chi connectivity index (χ4v) is 3.06. The molecule has 2 amide bonds. The minimum atomic E-state index is -0.615. The van der Waals surface area contributed by atoms with E-state index in [1.165, 1.54) is 0 Å². The van der Waals surface area contributed by atoms with E-state index in [0.29, 0.717) is 13.0 Å². The van der Waals surface area contributed by atoms with Crippen molar-refractivity contribution in [2.45, 2.75) is 20.3 Å². The van der Waals surface area contributed by atoms with E-state index < -0.39 is 5.92 Å². The Bertz CT molecular complexity index is 720. The molecule has 0 unspecified atom stereocenters. The van der Waals surface area contributed by atoms with Gasteiger partial charge in [-0.25, -0.2) is 0 Å². The summed E-state index contributed by atoms with van der Waals surface area (Å²) in [6, 6.07) is 15.4. The minimum Gasteiger partial charge on any atom is -0.325 e. The van der Waals surface area contributed by atoms with Gasteiger partial charge in [0.15, 0.2) is 0 Å². The second kappa shape index (κ2) is 6.24. The predicted octanol–water partition coefficient (Wildman–Crippen LogP) is 3.30. The molecule has 1 saturated heterocycles. The molecule has 1 atom stereocenters. The second-order valence-electron chi connectivity index (χ2n) is 6.03. The number of hydrogen-bond acceptors (Lipinski definition) is 2. The summed E-state index contributed by atoms with van der Waals surface area (Å²) >= 11 is 0. The average molecular weight is 308 g/mol. The highest BCUT2D eigenvalue weighted by atomic mass is 16.2. The van der Waals surface area contributed by atoms with E-state index in [4.69, 9.17) is 0 Å². The second-order valence-corrected chi connectivity index (χ2v) is 6.03. The third-order valence-electron chi connectivity index (χ3n) is 4.08. The lowest BCUT2D eigenvalue weighted by Crippen LogP contribution is -2.33. The van der Waals surface area contributed by atoms with E-state index in [0.717, 1.165) is 22.5 Å². The zero-order valence-electron chi connectivity index (χ0n) is 13.4. The first kappa shape index (κ1) is 15.3. The molecule has 0 saturated carbocycles. The predicted molar refractivity (Wildman–Crippen MR) is 91.4 cm³/mol. The van der Waals surface area contributed by atoms with Crippen LogP contribution in [0.1, 0.15) is 17.5 Å². The minimum absolute atomic E-state index is 0.127. The van der Waals surface area contributed by atoms with Crippen LogP contribution >= 0.6 is 0 Å². The Morgan fingerprint density at radius 3 is 2.39 bits per heavy atom. The number of nitrogens with one attached hydrogen (secondary N) is 1. The number of aryl methyl sites for hydroxylation is 2. The molecule has 0 aliphatic carbocycles. The number of amides is 2. The zero-order valence-corrected chi connectivity index (χ0v) is 13.4. The Balaban J connectivity index is 1.72. The van der Waals surface area contributed by atoms with Gasteiger partial charge in [-0.2, -0.15) is 0 Å². The molecule has 118 valence electrons. The molecule has 4 nitrogen and oxygen atoms in total. The topological polar surface area (TPSA) is 49.4 Å². The summed E-state index contributed by atoms with van der Waals surface area (Å²) in [4.78, 5) is 26.7. The van der Waals surface area contributed by atoms with Crippen molar-refractivity contribution < 1.29 is 9.59 Å². The van der Waals surface area contributed by atoms with Gasteiger partial charge in [-0.05, 0) is 55.7 Å². The SMILES string of the molecule is Cc1cc(C)cc(NC(=O)[C@H]2CCN(c3ccccc3)C2=O)c1. The zero-order chi connectivity index (χ0) is 16.4. The third kappa shape index (κ3) is 3.26. The first-order valence-corrected chi connectivity index (χ1v) is 7.80. The molecular weight excluding hydrogens is 288 g/mol.